The van der Waals surface area contributed by atoms with Crippen LogP contribution in [0.1, 0.15) is 11.9 Å². The largest absolute Gasteiger partial charge is 0.484 e. The molecule has 3 rings (SSSR count). The zero-order valence-corrected chi connectivity index (χ0v) is 14.7. The Kier molecular flexibility index (Phi) is 5.85. The number of carbonyl (C=O) groups is 2. The van der Waals surface area contributed by atoms with Crippen LogP contribution in [0.3, 0.4) is 0 Å². The number of hydrogen-bond donors (Lipinski definition) is 2. The SMILES string of the molecule is Cn1ccnc1C1CNCCN1C(=O)CNC(=O)COc1ccccc1. The molecule has 0 saturated carbocycles. The summed E-state index contributed by atoms with van der Waals surface area (Å²) < 4.78 is 7.29. The molecule has 1 aromatic heterocycles. The van der Waals surface area contributed by atoms with E-state index in [2.05, 4.69) is 15.6 Å². The highest BCUT2D eigenvalue weighted by Crippen LogP contribution is 2.20. The molecular weight excluding hydrogens is 334 g/mol. The van der Waals surface area contributed by atoms with E-state index < -0.39 is 0 Å². The van der Waals surface area contributed by atoms with Gasteiger partial charge >= 0.3 is 0 Å². The second kappa shape index (κ2) is 8.48. The Bertz CT molecular complexity index is 746. The van der Waals surface area contributed by atoms with Crippen molar-refractivity contribution in [3.8, 4) is 5.75 Å². The van der Waals surface area contributed by atoms with Crippen LogP contribution in [0.25, 0.3) is 0 Å². The number of piperazine rings is 1. The molecule has 2 heterocycles. The minimum Gasteiger partial charge on any atom is -0.484 e. The maximum atomic E-state index is 12.6. The Morgan fingerprint density at radius 3 is 2.88 bits per heavy atom. The minimum atomic E-state index is -0.328. The van der Waals surface area contributed by atoms with Gasteiger partial charge in [0.15, 0.2) is 6.61 Å². The summed E-state index contributed by atoms with van der Waals surface area (Å²) in [7, 11) is 1.91. The van der Waals surface area contributed by atoms with Gasteiger partial charge in [0, 0.05) is 39.1 Å². The smallest absolute Gasteiger partial charge is 0.258 e. The number of imidazole rings is 1. The Morgan fingerprint density at radius 1 is 1.35 bits per heavy atom. The van der Waals surface area contributed by atoms with Gasteiger partial charge in [0.1, 0.15) is 17.6 Å². The molecule has 138 valence electrons. The Hall–Kier alpha value is -2.87. The van der Waals surface area contributed by atoms with Crippen molar-refractivity contribution in [3.63, 3.8) is 0 Å². The van der Waals surface area contributed by atoms with E-state index in [1.807, 2.05) is 36.0 Å². The predicted molar refractivity (Wildman–Crippen MR) is 95.5 cm³/mol. The van der Waals surface area contributed by atoms with Gasteiger partial charge in [-0.15, -0.1) is 0 Å². The number of aryl methyl sites for hydroxylation is 1. The monoisotopic (exact) mass is 357 g/mol. The van der Waals surface area contributed by atoms with Gasteiger partial charge in [0.25, 0.3) is 5.91 Å². The van der Waals surface area contributed by atoms with Crippen LogP contribution < -0.4 is 15.4 Å². The molecule has 1 saturated heterocycles. The maximum absolute atomic E-state index is 12.6. The third-order valence-electron chi connectivity index (χ3n) is 4.27. The second-order valence-corrected chi connectivity index (χ2v) is 6.08. The standard InChI is InChI=1S/C18H23N5O3/c1-22-9-8-20-18(22)15-11-19-7-10-23(15)17(25)12-21-16(24)13-26-14-5-3-2-4-6-14/h2-6,8-9,15,19H,7,10-13H2,1H3,(H,21,24). The van der Waals surface area contributed by atoms with E-state index in [4.69, 9.17) is 4.74 Å². The van der Waals surface area contributed by atoms with Crippen molar-refractivity contribution in [3.05, 3.63) is 48.5 Å². The van der Waals surface area contributed by atoms with Gasteiger partial charge in [0.05, 0.1) is 6.54 Å². The molecule has 0 radical (unpaired) electrons. The first-order valence-electron chi connectivity index (χ1n) is 8.57. The highest BCUT2D eigenvalue weighted by atomic mass is 16.5. The van der Waals surface area contributed by atoms with E-state index in [1.54, 1.807) is 23.2 Å². The van der Waals surface area contributed by atoms with Gasteiger partial charge in [-0.2, -0.15) is 0 Å². The highest BCUT2D eigenvalue weighted by molar-refractivity contribution is 5.85. The number of benzene rings is 1. The van der Waals surface area contributed by atoms with Crippen molar-refractivity contribution in [2.45, 2.75) is 6.04 Å². The molecule has 2 aromatic rings. The molecule has 8 heteroatoms. The first kappa shape index (κ1) is 17.9. The quantitative estimate of drug-likeness (QED) is 0.765. The van der Waals surface area contributed by atoms with Crippen LogP contribution in [-0.2, 0) is 16.6 Å². The van der Waals surface area contributed by atoms with E-state index in [0.29, 0.717) is 18.8 Å². The van der Waals surface area contributed by atoms with Crippen LogP contribution >= 0.6 is 0 Å². The van der Waals surface area contributed by atoms with Crippen LogP contribution in [0.5, 0.6) is 5.75 Å². The second-order valence-electron chi connectivity index (χ2n) is 6.08. The zero-order chi connectivity index (χ0) is 18.4. The molecule has 1 aliphatic rings. The topological polar surface area (TPSA) is 88.5 Å². The number of hydrogen-bond acceptors (Lipinski definition) is 5. The fourth-order valence-electron chi connectivity index (χ4n) is 2.92. The van der Waals surface area contributed by atoms with E-state index in [1.165, 1.54) is 0 Å². The van der Waals surface area contributed by atoms with Gasteiger partial charge < -0.3 is 24.8 Å². The van der Waals surface area contributed by atoms with Gasteiger partial charge in [-0.3, -0.25) is 9.59 Å². The lowest BCUT2D eigenvalue weighted by Crippen LogP contribution is -2.52. The van der Waals surface area contributed by atoms with Crippen molar-refractivity contribution < 1.29 is 14.3 Å². The van der Waals surface area contributed by atoms with Gasteiger partial charge in [0.2, 0.25) is 5.91 Å². The van der Waals surface area contributed by atoms with Crippen molar-refractivity contribution >= 4 is 11.8 Å². The number of carbonyl (C=O) groups excluding carboxylic acids is 2. The lowest BCUT2D eigenvalue weighted by atomic mass is 10.1. The number of para-hydroxylation sites is 1. The summed E-state index contributed by atoms with van der Waals surface area (Å²) in [6.07, 6.45) is 3.57. The Balaban J connectivity index is 1.51. The van der Waals surface area contributed by atoms with Crippen LogP contribution in [-0.4, -0.2) is 59.1 Å². The molecule has 2 N–H and O–H groups in total. The van der Waals surface area contributed by atoms with E-state index in [-0.39, 0.29) is 31.0 Å². The molecule has 1 unspecified atom stereocenters. The average Bonchev–Trinajstić information content (AvgIpc) is 3.11. The van der Waals surface area contributed by atoms with Crippen molar-refractivity contribution in [2.75, 3.05) is 32.8 Å². The predicted octanol–water partition coefficient (Wildman–Crippen LogP) is 0.0882. The molecule has 0 bridgehead atoms. The number of ether oxygens (including phenoxy) is 1. The first-order valence-corrected chi connectivity index (χ1v) is 8.57. The normalized spacial score (nSPS) is 17.0. The van der Waals surface area contributed by atoms with Gasteiger partial charge in [-0.05, 0) is 12.1 Å². The molecule has 2 amide bonds. The Morgan fingerprint density at radius 2 is 2.15 bits per heavy atom. The number of nitrogens with zero attached hydrogens (tertiary/aromatic N) is 3. The molecule has 26 heavy (non-hydrogen) atoms. The molecule has 1 fully saturated rings. The third-order valence-corrected chi connectivity index (χ3v) is 4.27. The van der Waals surface area contributed by atoms with Crippen molar-refractivity contribution in [2.24, 2.45) is 7.05 Å². The summed E-state index contributed by atoms with van der Waals surface area (Å²) in [5, 5.41) is 5.91. The third kappa shape index (κ3) is 4.40. The lowest BCUT2D eigenvalue weighted by Gasteiger charge is -2.35. The molecule has 1 aromatic carbocycles. The van der Waals surface area contributed by atoms with Crippen LogP contribution in [0, 0.1) is 0 Å². The van der Waals surface area contributed by atoms with Crippen molar-refractivity contribution in [1.29, 1.82) is 0 Å². The van der Waals surface area contributed by atoms with E-state index in [9.17, 15) is 9.59 Å². The van der Waals surface area contributed by atoms with Crippen LogP contribution in [0.4, 0.5) is 0 Å². The van der Waals surface area contributed by atoms with Gasteiger partial charge in [-0.1, -0.05) is 18.2 Å². The summed E-state index contributed by atoms with van der Waals surface area (Å²) in [5.41, 5.74) is 0. The summed E-state index contributed by atoms with van der Waals surface area (Å²) in [4.78, 5) is 30.6. The summed E-state index contributed by atoms with van der Waals surface area (Å²) in [5.74, 6) is 0.980. The first-order chi connectivity index (χ1) is 12.6. The minimum absolute atomic E-state index is 0.0576. The van der Waals surface area contributed by atoms with E-state index in [0.717, 1.165) is 12.4 Å². The van der Waals surface area contributed by atoms with E-state index >= 15 is 0 Å². The van der Waals surface area contributed by atoms with Gasteiger partial charge in [-0.25, -0.2) is 4.98 Å². The summed E-state index contributed by atoms with van der Waals surface area (Å²) in [6, 6.07) is 8.94. The number of nitrogens with one attached hydrogen (secondary N) is 2. The fourth-order valence-corrected chi connectivity index (χ4v) is 2.92. The molecule has 1 aliphatic heterocycles. The lowest BCUT2D eigenvalue weighted by molar-refractivity contribution is -0.136. The maximum Gasteiger partial charge on any atom is 0.258 e. The number of rotatable bonds is 6. The molecule has 8 nitrogen and oxygen atoms in total. The summed E-state index contributed by atoms with van der Waals surface area (Å²) in [6.45, 7) is 1.76. The van der Waals surface area contributed by atoms with Crippen molar-refractivity contribution in [1.82, 2.24) is 25.1 Å². The summed E-state index contributed by atoms with van der Waals surface area (Å²) >= 11 is 0. The van der Waals surface area contributed by atoms with Crippen LogP contribution in [0.15, 0.2) is 42.7 Å². The average molecular weight is 357 g/mol. The molecular formula is C18H23N5O3. The fraction of sp³-hybridized carbons (Fsp3) is 0.389. The van der Waals surface area contributed by atoms with Crippen LogP contribution in [0.2, 0.25) is 0 Å². The number of amides is 2. The molecule has 1 atom stereocenters. The Labute approximate surface area is 152 Å². The zero-order valence-electron chi connectivity index (χ0n) is 14.7. The molecule has 0 spiro atoms. The number of aromatic nitrogens is 2. The highest BCUT2D eigenvalue weighted by Gasteiger charge is 2.30. The molecule has 0 aliphatic carbocycles.